The summed E-state index contributed by atoms with van der Waals surface area (Å²) < 4.78 is 5.49. The Balaban J connectivity index is 1.46. The van der Waals surface area contributed by atoms with Crippen molar-refractivity contribution >= 4 is 5.82 Å². The third-order valence-electron chi connectivity index (χ3n) is 6.65. The first-order valence-electron chi connectivity index (χ1n) is 11.0. The van der Waals surface area contributed by atoms with Crippen LogP contribution < -0.4 is 4.90 Å². The standard InChI is InChI=1S/C25H29N3O2/c29-25(19-27-12-9-22(25)10-13-27)11-8-21-6-7-24(28-14-16-30-17-15-28)26-23(21)18-20-4-2-1-3-5-20/h1-7,22,29H,9-10,12-19H2. The number of fused-ring (bicyclic) bond motifs is 3. The number of pyridine rings is 1. The van der Waals surface area contributed by atoms with Gasteiger partial charge >= 0.3 is 0 Å². The number of ether oxygens (including phenoxy) is 1. The zero-order chi connectivity index (χ0) is 20.4. The molecule has 1 N–H and O–H groups in total. The molecule has 4 aliphatic rings. The number of hydrogen-bond donors (Lipinski definition) is 1. The quantitative estimate of drug-likeness (QED) is 0.797. The fraction of sp³-hybridized carbons (Fsp3) is 0.480. The van der Waals surface area contributed by atoms with Crippen LogP contribution in [0.15, 0.2) is 42.5 Å². The van der Waals surface area contributed by atoms with Crippen molar-refractivity contribution in [1.82, 2.24) is 9.88 Å². The second kappa shape index (κ2) is 8.39. The second-order valence-electron chi connectivity index (χ2n) is 8.65. The van der Waals surface area contributed by atoms with Gasteiger partial charge in [0.15, 0.2) is 0 Å². The fourth-order valence-corrected chi connectivity index (χ4v) is 4.85. The summed E-state index contributed by atoms with van der Waals surface area (Å²) in [6.45, 7) is 6.04. The maximum atomic E-state index is 11.2. The van der Waals surface area contributed by atoms with Gasteiger partial charge in [0, 0.05) is 37.5 Å². The van der Waals surface area contributed by atoms with Gasteiger partial charge in [-0.05, 0) is 43.6 Å². The molecule has 4 fully saturated rings. The Kier molecular flexibility index (Phi) is 5.47. The van der Waals surface area contributed by atoms with Crippen molar-refractivity contribution in [2.24, 2.45) is 5.92 Å². The lowest BCUT2D eigenvalue weighted by Crippen LogP contribution is -2.58. The molecular weight excluding hydrogens is 374 g/mol. The van der Waals surface area contributed by atoms with Crippen molar-refractivity contribution in [2.45, 2.75) is 24.9 Å². The van der Waals surface area contributed by atoms with Crippen LogP contribution in [-0.4, -0.2) is 66.5 Å². The van der Waals surface area contributed by atoms with Crippen molar-refractivity contribution < 1.29 is 9.84 Å². The molecule has 0 amide bonds. The van der Waals surface area contributed by atoms with E-state index >= 15 is 0 Å². The predicted octanol–water partition coefficient (Wildman–Crippen LogP) is 2.32. The minimum Gasteiger partial charge on any atom is -0.378 e. The van der Waals surface area contributed by atoms with Crippen molar-refractivity contribution in [1.29, 1.82) is 0 Å². The molecule has 0 spiro atoms. The molecule has 0 aliphatic carbocycles. The van der Waals surface area contributed by atoms with Gasteiger partial charge in [-0.25, -0.2) is 4.98 Å². The largest absolute Gasteiger partial charge is 0.378 e. The van der Waals surface area contributed by atoms with Crippen LogP contribution in [0.5, 0.6) is 0 Å². The van der Waals surface area contributed by atoms with E-state index in [1.165, 1.54) is 5.56 Å². The fourth-order valence-electron chi connectivity index (χ4n) is 4.85. The summed E-state index contributed by atoms with van der Waals surface area (Å²) in [5, 5.41) is 11.2. The van der Waals surface area contributed by atoms with E-state index in [4.69, 9.17) is 9.72 Å². The SMILES string of the molecule is OC1(C#Cc2ccc(N3CCOCC3)nc2Cc2ccccc2)CN2CCC1CC2. The Labute approximate surface area is 178 Å². The maximum absolute atomic E-state index is 11.2. The number of benzene rings is 1. The minimum atomic E-state index is -0.899. The molecule has 1 unspecified atom stereocenters. The highest BCUT2D eigenvalue weighted by Crippen LogP contribution is 2.35. The Hall–Kier alpha value is -2.39. The summed E-state index contributed by atoms with van der Waals surface area (Å²) in [6, 6.07) is 14.5. The van der Waals surface area contributed by atoms with Crippen LogP contribution in [0, 0.1) is 17.8 Å². The van der Waals surface area contributed by atoms with E-state index in [1.807, 2.05) is 6.07 Å². The molecule has 1 atom stereocenters. The summed E-state index contributed by atoms with van der Waals surface area (Å²) in [4.78, 5) is 9.61. The van der Waals surface area contributed by atoms with Crippen LogP contribution in [-0.2, 0) is 11.2 Å². The molecule has 4 aliphatic heterocycles. The number of hydrogen-bond acceptors (Lipinski definition) is 5. The molecule has 5 nitrogen and oxygen atoms in total. The topological polar surface area (TPSA) is 48.8 Å². The zero-order valence-corrected chi connectivity index (χ0v) is 17.4. The van der Waals surface area contributed by atoms with Gasteiger partial charge in [0.25, 0.3) is 0 Å². The normalized spacial score (nSPS) is 28.1. The summed E-state index contributed by atoms with van der Waals surface area (Å²) in [5.74, 6) is 7.86. The Bertz CT molecular complexity index is 938. The molecule has 1 aromatic heterocycles. The van der Waals surface area contributed by atoms with Crippen molar-refractivity contribution in [3.8, 4) is 11.8 Å². The highest BCUT2D eigenvalue weighted by molar-refractivity contribution is 5.49. The Morgan fingerprint density at radius 2 is 1.80 bits per heavy atom. The number of morpholine rings is 1. The van der Waals surface area contributed by atoms with Gasteiger partial charge in [0.05, 0.1) is 18.9 Å². The van der Waals surface area contributed by atoms with E-state index < -0.39 is 5.60 Å². The number of piperidine rings is 3. The van der Waals surface area contributed by atoms with Crippen LogP contribution in [0.25, 0.3) is 0 Å². The monoisotopic (exact) mass is 403 g/mol. The van der Waals surface area contributed by atoms with Gasteiger partial charge in [-0.1, -0.05) is 42.2 Å². The van der Waals surface area contributed by atoms with E-state index in [9.17, 15) is 5.11 Å². The molecule has 0 saturated carbocycles. The molecule has 30 heavy (non-hydrogen) atoms. The highest BCUT2D eigenvalue weighted by atomic mass is 16.5. The third-order valence-corrected chi connectivity index (χ3v) is 6.65. The van der Waals surface area contributed by atoms with Gasteiger partial charge in [-0.2, -0.15) is 0 Å². The number of aromatic nitrogens is 1. The molecule has 156 valence electrons. The second-order valence-corrected chi connectivity index (χ2v) is 8.65. The first kappa shape index (κ1) is 19.6. The van der Waals surface area contributed by atoms with Gasteiger partial charge in [0.1, 0.15) is 11.4 Å². The van der Waals surface area contributed by atoms with E-state index in [0.29, 0.717) is 6.54 Å². The van der Waals surface area contributed by atoms with Crippen molar-refractivity contribution in [3.05, 3.63) is 59.3 Å². The van der Waals surface area contributed by atoms with E-state index in [0.717, 1.165) is 75.7 Å². The summed E-state index contributed by atoms with van der Waals surface area (Å²) in [5.41, 5.74) is 2.21. The van der Waals surface area contributed by atoms with Crippen LogP contribution in [0.2, 0.25) is 0 Å². The van der Waals surface area contributed by atoms with Crippen LogP contribution in [0.3, 0.4) is 0 Å². The molecule has 0 radical (unpaired) electrons. The van der Waals surface area contributed by atoms with Gasteiger partial charge < -0.3 is 14.7 Å². The molecule has 1 aromatic carbocycles. The van der Waals surface area contributed by atoms with Gasteiger partial charge in [0.2, 0.25) is 0 Å². The highest BCUT2D eigenvalue weighted by Gasteiger charge is 2.44. The number of rotatable bonds is 3. The molecule has 2 aromatic rings. The van der Waals surface area contributed by atoms with Gasteiger partial charge in [-0.3, -0.25) is 4.90 Å². The Morgan fingerprint density at radius 3 is 2.50 bits per heavy atom. The summed E-state index contributed by atoms with van der Waals surface area (Å²) >= 11 is 0. The smallest absolute Gasteiger partial charge is 0.141 e. The number of nitrogens with zero attached hydrogens (tertiary/aromatic N) is 3. The third kappa shape index (κ3) is 4.09. The average Bonchev–Trinajstić information content (AvgIpc) is 2.80. The molecule has 6 rings (SSSR count). The molecule has 2 bridgehead atoms. The lowest BCUT2D eigenvalue weighted by atomic mass is 9.75. The molecular formula is C25H29N3O2. The molecule has 5 heterocycles. The van der Waals surface area contributed by atoms with Crippen LogP contribution >= 0.6 is 0 Å². The van der Waals surface area contributed by atoms with E-state index in [2.05, 4.69) is 58.0 Å². The average molecular weight is 404 g/mol. The minimum absolute atomic E-state index is 0.285. The van der Waals surface area contributed by atoms with Crippen LogP contribution in [0.4, 0.5) is 5.82 Å². The maximum Gasteiger partial charge on any atom is 0.141 e. The van der Waals surface area contributed by atoms with Gasteiger partial charge in [-0.15, -0.1) is 0 Å². The van der Waals surface area contributed by atoms with E-state index in [1.54, 1.807) is 0 Å². The number of anilines is 1. The first-order valence-corrected chi connectivity index (χ1v) is 11.0. The Morgan fingerprint density at radius 1 is 1.03 bits per heavy atom. The molecule has 4 saturated heterocycles. The lowest BCUT2D eigenvalue weighted by molar-refractivity contribution is -0.0713. The zero-order valence-electron chi connectivity index (χ0n) is 17.4. The lowest BCUT2D eigenvalue weighted by Gasteiger charge is -2.47. The predicted molar refractivity (Wildman–Crippen MR) is 118 cm³/mol. The molecule has 5 heteroatoms. The van der Waals surface area contributed by atoms with Crippen molar-refractivity contribution in [2.75, 3.05) is 50.8 Å². The number of aliphatic hydroxyl groups is 1. The summed E-state index contributed by atoms with van der Waals surface area (Å²) in [7, 11) is 0. The van der Waals surface area contributed by atoms with Crippen molar-refractivity contribution in [3.63, 3.8) is 0 Å². The summed E-state index contributed by atoms with van der Waals surface area (Å²) in [6.07, 6.45) is 2.81. The van der Waals surface area contributed by atoms with Crippen LogP contribution in [0.1, 0.15) is 29.7 Å². The first-order chi connectivity index (χ1) is 14.7. The van der Waals surface area contributed by atoms with E-state index in [-0.39, 0.29) is 5.92 Å².